The molecule has 3 N–H and O–H groups in total. The molecule has 1 heterocycles. The van der Waals surface area contributed by atoms with Crippen LogP contribution in [0, 0.1) is 5.92 Å². The second kappa shape index (κ2) is 6.89. The fourth-order valence-corrected chi connectivity index (χ4v) is 2.90. The largest absolute Gasteiger partial charge is 0.494 e. The summed E-state index contributed by atoms with van der Waals surface area (Å²) in [7, 11) is 0. The van der Waals surface area contributed by atoms with Gasteiger partial charge in [-0.3, -0.25) is 11.3 Å². The molecule has 3 atom stereocenters. The summed E-state index contributed by atoms with van der Waals surface area (Å²) in [5.74, 6) is 7.10. The second-order valence-corrected chi connectivity index (χ2v) is 4.92. The van der Waals surface area contributed by atoms with Crippen molar-refractivity contribution in [2.24, 2.45) is 11.8 Å². The van der Waals surface area contributed by atoms with Crippen molar-refractivity contribution in [2.75, 3.05) is 13.2 Å². The van der Waals surface area contributed by atoms with Crippen LogP contribution in [0.15, 0.2) is 24.3 Å². The van der Waals surface area contributed by atoms with Gasteiger partial charge in [-0.1, -0.05) is 19.1 Å². The molecule has 1 saturated heterocycles. The van der Waals surface area contributed by atoms with Gasteiger partial charge in [0.25, 0.3) is 0 Å². The Balaban J connectivity index is 2.18. The Kier molecular flexibility index (Phi) is 5.19. The summed E-state index contributed by atoms with van der Waals surface area (Å²) in [5.41, 5.74) is 4.13. The smallest absolute Gasteiger partial charge is 0.119 e. The van der Waals surface area contributed by atoms with Crippen LogP contribution in [-0.4, -0.2) is 19.3 Å². The van der Waals surface area contributed by atoms with E-state index < -0.39 is 0 Å². The number of hydrogen-bond donors (Lipinski definition) is 2. The van der Waals surface area contributed by atoms with Crippen LogP contribution in [0.3, 0.4) is 0 Å². The highest BCUT2D eigenvalue weighted by molar-refractivity contribution is 5.31. The van der Waals surface area contributed by atoms with E-state index in [1.807, 2.05) is 19.1 Å². The minimum absolute atomic E-state index is 0.118. The van der Waals surface area contributed by atoms with Crippen LogP contribution < -0.4 is 16.0 Å². The Bertz CT molecular complexity index is 397. The first-order chi connectivity index (χ1) is 9.30. The molecule has 4 heteroatoms. The quantitative estimate of drug-likeness (QED) is 0.612. The summed E-state index contributed by atoms with van der Waals surface area (Å²) in [6, 6.07) is 8.27. The average molecular weight is 264 g/mol. The Morgan fingerprint density at radius 3 is 3.00 bits per heavy atom. The number of hydrogen-bond acceptors (Lipinski definition) is 4. The molecule has 2 rings (SSSR count). The van der Waals surface area contributed by atoms with E-state index in [9.17, 15) is 0 Å². The van der Waals surface area contributed by atoms with E-state index in [0.29, 0.717) is 12.5 Å². The first kappa shape index (κ1) is 14.3. The SMILES string of the molecule is CCOc1cccc(C(NN)C2CCOC2CC)c1. The van der Waals surface area contributed by atoms with Gasteiger partial charge in [0.2, 0.25) is 0 Å². The van der Waals surface area contributed by atoms with Crippen molar-refractivity contribution in [3.8, 4) is 5.75 Å². The molecule has 0 spiro atoms. The number of ether oxygens (including phenoxy) is 2. The third-order valence-electron chi connectivity index (χ3n) is 3.80. The predicted molar refractivity (Wildman–Crippen MR) is 75.8 cm³/mol. The van der Waals surface area contributed by atoms with Gasteiger partial charge in [-0.25, -0.2) is 0 Å². The maximum Gasteiger partial charge on any atom is 0.119 e. The van der Waals surface area contributed by atoms with Crippen LogP contribution in [0.1, 0.15) is 38.3 Å². The molecular weight excluding hydrogens is 240 g/mol. The molecule has 0 amide bonds. The van der Waals surface area contributed by atoms with E-state index in [-0.39, 0.29) is 12.1 Å². The molecule has 4 nitrogen and oxygen atoms in total. The predicted octanol–water partition coefficient (Wildman–Crippen LogP) is 2.40. The fraction of sp³-hybridized carbons (Fsp3) is 0.600. The molecule has 0 radical (unpaired) electrons. The zero-order valence-electron chi connectivity index (χ0n) is 11.8. The molecule has 0 saturated carbocycles. The summed E-state index contributed by atoms with van der Waals surface area (Å²) in [4.78, 5) is 0. The molecular formula is C15H24N2O2. The number of rotatable bonds is 6. The van der Waals surface area contributed by atoms with Crippen LogP contribution in [0.4, 0.5) is 0 Å². The molecule has 1 fully saturated rings. The van der Waals surface area contributed by atoms with Crippen molar-refractivity contribution in [2.45, 2.75) is 38.8 Å². The van der Waals surface area contributed by atoms with Crippen molar-refractivity contribution >= 4 is 0 Å². The Morgan fingerprint density at radius 1 is 1.47 bits per heavy atom. The summed E-state index contributed by atoms with van der Waals surface area (Å²) in [6.07, 6.45) is 2.36. The van der Waals surface area contributed by atoms with E-state index in [0.717, 1.165) is 25.2 Å². The van der Waals surface area contributed by atoms with Crippen molar-refractivity contribution < 1.29 is 9.47 Å². The van der Waals surface area contributed by atoms with E-state index in [2.05, 4.69) is 24.5 Å². The van der Waals surface area contributed by atoms with Gasteiger partial charge in [0.1, 0.15) is 5.75 Å². The molecule has 1 aliphatic heterocycles. The number of nitrogens with one attached hydrogen (secondary N) is 1. The van der Waals surface area contributed by atoms with Crippen LogP contribution in [0.25, 0.3) is 0 Å². The maximum absolute atomic E-state index is 5.78. The van der Waals surface area contributed by atoms with Gasteiger partial charge in [-0.05, 0) is 37.5 Å². The Hall–Kier alpha value is -1.10. The fourth-order valence-electron chi connectivity index (χ4n) is 2.90. The van der Waals surface area contributed by atoms with Gasteiger partial charge in [-0.2, -0.15) is 0 Å². The molecule has 1 aliphatic rings. The highest BCUT2D eigenvalue weighted by Gasteiger charge is 2.34. The van der Waals surface area contributed by atoms with Gasteiger partial charge < -0.3 is 9.47 Å². The molecule has 3 unspecified atom stereocenters. The van der Waals surface area contributed by atoms with Crippen molar-refractivity contribution in [1.29, 1.82) is 0 Å². The Morgan fingerprint density at radius 2 is 2.32 bits per heavy atom. The van der Waals surface area contributed by atoms with Gasteiger partial charge in [0, 0.05) is 12.5 Å². The molecule has 0 aromatic heterocycles. The topological polar surface area (TPSA) is 56.5 Å². The normalized spacial score (nSPS) is 24.4. The summed E-state index contributed by atoms with van der Waals surface area (Å²) in [5, 5.41) is 0. The van der Waals surface area contributed by atoms with E-state index in [1.54, 1.807) is 0 Å². The maximum atomic E-state index is 5.78. The van der Waals surface area contributed by atoms with Crippen LogP contribution >= 0.6 is 0 Å². The van der Waals surface area contributed by atoms with Gasteiger partial charge >= 0.3 is 0 Å². The lowest BCUT2D eigenvalue weighted by molar-refractivity contribution is 0.0773. The minimum atomic E-state index is 0.118. The molecule has 19 heavy (non-hydrogen) atoms. The van der Waals surface area contributed by atoms with E-state index >= 15 is 0 Å². The van der Waals surface area contributed by atoms with Gasteiger partial charge in [0.15, 0.2) is 0 Å². The minimum Gasteiger partial charge on any atom is -0.494 e. The zero-order valence-corrected chi connectivity index (χ0v) is 11.8. The van der Waals surface area contributed by atoms with Gasteiger partial charge in [-0.15, -0.1) is 0 Å². The molecule has 1 aromatic rings. The summed E-state index contributed by atoms with van der Waals surface area (Å²) in [6.45, 7) is 5.65. The highest BCUT2D eigenvalue weighted by atomic mass is 16.5. The number of nitrogens with two attached hydrogens (primary N) is 1. The van der Waals surface area contributed by atoms with Gasteiger partial charge in [0.05, 0.1) is 18.8 Å². The molecule has 0 bridgehead atoms. The lowest BCUT2D eigenvalue weighted by Crippen LogP contribution is -2.36. The second-order valence-electron chi connectivity index (χ2n) is 4.92. The third kappa shape index (κ3) is 3.26. The third-order valence-corrected chi connectivity index (χ3v) is 3.80. The van der Waals surface area contributed by atoms with Crippen molar-refractivity contribution in [3.05, 3.63) is 29.8 Å². The van der Waals surface area contributed by atoms with Crippen LogP contribution in [0.2, 0.25) is 0 Å². The molecule has 1 aromatic carbocycles. The standard InChI is InChI=1S/C15H24N2O2/c1-3-14-13(8-9-19-14)15(17-16)11-6-5-7-12(10-11)18-4-2/h5-7,10,13-15,17H,3-4,8-9,16H2,1-2H3. The highest BCUT2D eigenvalue weighted by Crippen LogP contribution is 2.35. The number of benzene rings is 1. The summed E-state index contributed by atoms with van der Waals surface area (Å²) >= 11 is 0. The van der Waals surface area contributed by atoms with Crippen LogP contribution in [-0.2, 0) is 4.74 Å². The lowest BCUT2D eigenvalue weighted by atomic mass is 9.87. The van der Waals surface area contributed by atoms with Crippen LogP contribution in [0.5, 0.6) is 5.75 Å². The summed E-state index contributed by atoms with van der Waals surface area (Å²) < 4.78 is 11.3. The zero-order chi connectivity index (χ0) is 13.7. The van der Waals surface area contributed by atoms with Crippen molar-refractivity contribution in [3.63, 3.8) is 0 Å². The van der Waals surface area contributed by atoms with E-state index in [4.69, 9.17) is 15.3 Å². The molecule has 0 aliphatic carbocycles. The van der Waals surface area contributed by atoms with E-state index in [1.165, 1.54) is 5.56 Å². The molecule has 106 valence electrons. The number of hydrazine groups is 1. The van der Waals surface area contributed by atoms with Crippen molar-refractivity contribution in [1.82, 2.24) is 5.43 Å². The first-order valence-electron chi connectivity index (χ1n) is 7.10. The average Bonchev–Trinajstić information content (AvgIpc) is 2.89. The lowest BCUT2D eigenvalue weighted by Gasteiger charge is -2.27. The monoisotopic (exact) mass is 264 g/mol. The first-order valence-corrected chi connectivity index (χ1v) is 7.10. The Labute approximate surface area is 115 Å².